The van der Waals surface area contributed by atoms with Crippen LogP contribution in [0.15, 0.2) is 30.3 Å². The van der Waals surface area contributed by atoms with Crippen LogP contribution in [0.2, 0.25) is 0 Å². The number of aromatic amines is 1. The molecular weight excluding hydrogens is 337 g/mol. The maximum Gasteiger partial charge on any atom is 0.416 e. The summed E-state index contributed by atoms with van der Waals surface area (Å²) in [5.41, 5.74) is -0.0681. The molecule has 1 atom stereocenters. The third-order valence-electron chi connectivity index (χ3n) is 3.81. The van der Waals surface area contributed by atoms with Crippen LogP contribution in [-0.2, 0) is 12.8 Å². The van der Waals surface area contributed by atoms with Gasteiger partial charge < -0.3 is 15.4 Å². The maximum absolute atomic E-state index is 12.7. The summed E-state index contributed by atoms with van der Waals surface area (Å²) in [5.74, 6) is -0.206. The fourth-order valence-electron chi connectivity index (χ4n) is 2.51. The van der Waals surface area contributed by atoms with Gasteiger partial charge in [-0.05, 0) is 37.2 Å². The van der Waals surface area contributed by atoms with E-state index in [0.29, 0.717) is 5.69 Å². The van der Waals surface area contributed by atoms with Gasteiger partial charge in [0.25, 0.3) is 5.91 Å². The minimum Gasteiger partial charge on any atom is -0.487 e. The molecule has 0 unspecified atom stereocenters. The fourth-order valence-corrected chi connectivity index (χ4v) is 2.51. The third kappa shape index (κ3) is 4.50. The molecule has 6 nitrogen and oxygen atoms in total. The van der Waals surface area contributed by atoms with E-state index in [-0.39, 0.29) is 30.0 Å². The summed E-state index contributed by atoms with van der Waals surface area (Å²) in [6.45, 7) is 1.57. The minimum atomic E-state index is -4.42. The summed E-state index contributed by atoms with van der Waals surface area (Å²) in [7, 11) is 0. The van der Waals surface area contributed by atoms with Crippen LogP contribution in [0, 0.1) is 0 Å². The zero-order valence-corrected chi connectivity index (χ0v) is 13.2. The summed E-state index contributed by atoms with van der Waals surface area (Å²) >= 11 is 0. The monoisotopic (exact) mass is 354 g/mol. The zero-order valence-electron chi connectivity index (χ0n) is 13.2. The van der Waals surface area contributed by atoms with Gasteiger partial charge in [0.2, 0.25) is 0 Å². The first-order valence-corrected chi connectivity index (χ1v) is 7.78. The highest BCUT2D eigenvalue weighted by Crippen LogP contribution is 2.31. The molecule has 0 saturated carbocycles. The van der Waals surface area contributed by atoms with E-state index in [1.54, 1.807) is 0 Å². The Morgan fingerprint density at radius 1 is 1.36 bits per heavy atom. The molecule has 9 heteroatoms. The number of carbonyl (C=O) groups excluding carboxylic acids is 1. The van der Waals surface area contributed by atoms with Gasteiger partial charge in [0, 0.05) is 12.6 Å². The molecule has 1 aromatic carbocycles. The van der Waals surface area contributed by atoms with Crippen molar-refractivity contribution in [1.29, 1.82) is 0 Å². The van der Waals surface area contributed by atoms with Crippen molar-refractivity contribution in [2.24, 2.45) is 0 Å². The van der Waals surface area contributed by atoms with Crippen molar-refractivity contribution < 1.29 is 22.7 Å². The van der Waals surface area contributed by atoms with Crippen molar-refractivity contribution in [1.82, 2.24) is 20.8 Å². The van der Waals surface area contributed by atoms with E-state index in [1.165, 1.54) is 18.2 Å². The first kappa shape index (κ1) is 17.3. The molecule has 0 spiro atoms. The van der Waals surface area contributed by atoms with E-state index in [2.05, 4.69) is 20.8 Å². The number of halogens is 3. The van der Waals surface area contributed by atoms with Crippen molar-refractivity contribution in [2.45, 2.75) is 25.2 Å². The molecule has 1 amide bonds. The Kier molecular flexibility index (Phi) is 4.93. The second kappa shape index (κ2) is 7.14. The number of alkyl halides is 3. The number of amides is 1. The Morgan fingerprint density at radius 2 is 2.20 bits per heavy atom. The van der Waals surface area contributed by atoms with Crippen LogP contribution < -0.4 is 15.4 Å². The van der Waals surface area contributed by atoms with Gasteiger partial charge in [-0.3, -0.25) is 9.89 Å². The first-order chi connectivity index (χ1) is 11.9. The first-order valence-electron chi connectivity index (χ1n) is 7.78. The lowest BCUT2D eigenvalue weighted by Gasteiger charge is -2.09. The number of carbonyl (C=O) groups is 1. The maximum atomic E-state index is 12.7. The van der Waals surface area contributed by atoms with Crippen molar-refractivity contribution in [3.63, 3.8) is 0 Å². The summed E-state index contributed by atoms with van der Waals surface area (Å²) in [6, 6.07) is 6.21. The topological polar surface area (TPSA) is 79.0 Å². The molecule has 2 aromatic rings. The lowest BCUT2D eigenvalue weighted by molar-refractivity contribution is -0.137. The van der Waals surface area contributed by atoms with Gasteiger partial charge >= 0.3 is 6.18 Å². The number of aromatic nitrogens is 2. The largest absolute Gasteiger partial charge is 0.487 e. The van der Waals surface area contributed by atoms with Gasteiger partial charge in [-0.2, -0.15) is 18.3 Å². The lowest BCUT2D eigenvalue weighted by atomic mass is 10.2. The van der Waals surface area contributed by atoms with Crippen molar-refractivity contribution >= 4 is 5.91 Å². The molecule has 1 fully saturated rings. The number of benzene rings is 1. The van der Waals surface area contributed by atoms with Crippen LogP contribution in [0.1, 0.15) is 28.2 Å². The van der Waals surface area contributed by atoms with Gasteiger partial charge in [-0.15, -0.1) is 0 Å². The predicted molar refractivity (Wildman–Crippen MR) is 83.1 cm³/mol. The number of nitrogens with one attached hydrogen (secondary N) is 3. The van der Waals surface area contributed by atoms with E-state index in [9.17, 15) is 18.0 Å². The molecule has 1 aromatic heterocycles. The predicted octanol–water partition coefficient (Wildman–Crippen LogP) is 2.10. The van der Waals surface area contributed by atoms with Crippen molar-refractivity contribution in [3.05, 3.63) is 47.3 Å². The quantitative estimate of drug-likeness (QED) is 0.768. The number of rotatable bonds is 5. The summed E-state index contributed by atoms with van der Waals surface area (Å²) in [5, 5.41) is 12.6. The molecule has 1 aliphatic rings. The van der Waals surface area contributed by atoms with E-state index < -0.39 is 11.7 Å². The molecule has 134 valence electrons. The molecule has 1 aliphatic heterocycles. The zero-order chi connectivity index (χ0) is 17.9. The fraction of sp³-hybridized carbons (Fsp3) is 0.375. The Balaban J connectivity index is 1.57. The molecular formula is C16H17F3N4O2. The molecule has 25 heavy (non-hydrogen) atoms. The molecule has 0 aliphatic carbocycles. The molecule has 0 radical (unpaired) electrons. The number of ether oxygens (including phenoxy) is 1. The highest BCUT2D eigenvalue weighted by Gasteiger charge is 2.30. The highest BCUT2D eigenvalue weighted by atomic mass is 19.4. The third-order valence-corrected chi connectivity index (χ3v) is 3.81. The summed E-state index contributed by atoms with van der Waals surface area (Å²) < 4.78 is 43.4. The van der Waals surface area contributed by atoms with Crippen LogP contribution >= 0.6 is 0 Å². The molecule has 1 saturated heterocycles. The van der Waals surface area contributed by atoms with Gasteiger partial charge in [0.15, 0.2) is 0 Å². The molecule has 2 heterocycles. The number of hydrogen-bond donors (Lipinski definition) is 3. The van der Waals surface area contributed by atoms with Crippen molar-refractivity contribution in [3.8, 4) is 5.75 Å². The minimum absolute atomic E-state index is 0.0213. The van der Waals surface area contributed by atoms with Crippen LogP contribution in [0.3, 0.4) is 0 Å². The van der Waals surface area contributed by atoms with E-state index in [4.69, 9.17) is 4.74 Å². The average molecular weight is 354 g/mol. The lowest BCUT2D eigenvalue weighted by Crippen LogP contribution is -2.36. The van der Waals surface area contributed by atoms with Crippen LogP contribution in [-0.4, -0.2) is 35.2 Å². The standard InChI is InChI=1S/C16H17F3N4O2/c17-16(18,19)10-2-1-3-13(6-10)25-9-12-7-14(23-22-12)15(24)21-11-4-5-20-8-11/h1-3,6-7,11,20H,4-5,8-9H2,(H,21,24)(H,22,23)/t11-/m0/s1. The normalized spacial score (nSPS) is 17.5. The number of H-pyrrole nitrogens is 1. The Labute approximate surface area is 141 Å². The van der Waals surface area contributed by atoms with Crippen LogP contribution in [0.25, 0.3) is 0 Å². The Morgan fingerprint density at radius 3 is 2.92 bits per heavy atom. The van der Waals surface area contributed by atoms with Gasteiger partial charge in [0.1, 0.15) is 18.1 Å². The van der Waals surface area contributed by atoms with Gasteiger partial charge in [-0.1, -0.05) is 6.07 Å². The SMILES string of the molecule is O=C(N[C@H]1CCNC1)c1cc(COc2cccc(C(F)(F)F)c2)[nH]n1. The van der Waals surface area contributed by atoms with Crippen molar-refractivity contribution in [2.75, 3.05) is 13.1 Å². The van der Waals surface area contributed by atoms with E-state index >= 15 is 0 Å². The number of nitrogens with zero attached hydrogens (tertiary/aromatic N) is 1. The average Bonchev–Trinajstić information content (AvgIpc) is 3.24. The summed E-state index contributed by atoms with van der Waals surface area (Å²) in [4.78, 5) is 12.1. The Hall–Kier alpha value is -2.55. The highest BCUT2D eigenvalue weighted by molar-refractivity contribution is 5.92. The molecule has 3 N–H and O–H groups in total. The van der Waals surface area contributed by atoms with Gasteiger partial charge in [-0.25, -0.2) is 0 Å². The molecule has 0 bridgehead atoms. The van der Waals surface area contributed by atoms with Crippen LogP contribution in [0.4, 0.5) is 13.2 Å². The van der Waals surface area contributed by atoms with E-state index in [0.717, 1.165) is 31.6 Å². The summed E-state index contributed by atoms with van der Waals surface area (Å²) in [6.07, 6.45) is -3.56. The van der Waals surface area contributed by atoms with Gasteiger partial charge in [0.05, 0.1) is 11.3 Å². The Bertz CT molecular complexity index is 739. The van der Waals surface area contributed by atoms with Crippen LogP contribution in [0.5, 0.6) is 5.75 Å². The second-order valence-electron chi connectivity index (χ2n) is 5.76. The number of hydrogen-bond acceptors (Lipinski definition) is 4. The second-order valence-corrected chi connectivity index (χ2v) is 5.76. The smallest absolute Gasteiger partial charge is 0.416 e. The van der Waals surface area contributed by atoms with E-state index in [1.807, 2.05) is 0 Å². The molecule has 3 rings (SSSR count).